The molecule has 0 atom stereocenters. The summed E-state index contributed by atoms with van der Waals surface area (Å²) in [5.74, 6) is -0.936. The summed E-state index contributed by atoms with van der Waals surface area (Å²) in [6.45, 7) is 6.45. The van der Waals surface area contributed by atoms with Gasteiger partial charge in [-0.1, -0.05) is 5.16 Å². The quantitative estimate of drug-likeness (QED) is 0.408. The van der Waals surface area contributed by atoms with E-state index in [1.165, 1.54) is 7.11 Å². The van der Waals surface area contributed by atoms with Gasteiger partial charge in [0.1, 0.15) is 0 Å². The van der Waals surface area contributed by atoms with E-state index in [1.807, 2.05) is 25.1 Å². The van der Waals surface area contributed by atoms with E-state index in [4.69, 9.17) is 14.0 Å². The van der Waals surface area contributed by atoms with E-state index in [0.29, 0.717) is 41.2 Å². The van der Waals surface area contributed by atoms with Crippen molar-refractivity contribution in [3.63, 3.8) is 0 Å². The Morgan fingerprint density at radius 1 is 1.09 bits per heavy atom. The van der Waals surface area contributed by atoms with Crippen molar-refractivity contribution in [1.29, 1.82) is 0 Å². The van der Waals surface area contributed by atoms with Gasteiger partial charge < -0.3 is 24.2 Å². The summed E-state index contributed by atoms with van der Waals surface area (Å²) >= 11 is 1.57. The van der Waals surface area contributed by atoms with Crippen LogP contribution in [0, 0.1) is 13.8 Å². The van der Waals surface area contributed by atoms with Crippen molar-refractivity contribution >= 4 is 45.7 Å². The number of esters is 1. The lowest BCUT2D eigenvalue weighted by Gasteiger charge is -2.29. The van der Waals surface area contributed by atoms with E-state index in [9.17, 15) is 9.59 Å². The molecule has 1 aliphatic rings. The predicted molar refractivity (Wildman–Crippen MR) is 133 cm³/mol. The third-order valence-electron chi connectivity index (χ3n) is 5.89. The molecule has 0 radical (unpaired) electrons. The summed E-state index contributed by atoms with van der Waals surface area (Å²) in [5, 5.41) is 7.42. The van der Waals surface area contributed by atoms with Crippen LogP contribution in [0.1, 0.15) is 31.3 Å². The second-order valence-electron chi connectivity index (χ2n) is 8.19. The molecule has 0 bridgehead atoms. The Hall–Kier alpha value is -3.76. The number of nitrogens with one attached hydrogen (secondary N) is 1. The first kappa shape index (κ1) is 23.0. The number of benzene rings is 1. The lowest BCUT2D eigenvalue weighted by atomic mass is 10.1. The number of hydrogen-bond donors (Lipinski definition) is 1. The molecule has 1 aliphatic heterocycles. The maximum Gasteiger partial charge on any atom is 0.340 e. The van der Waals surface area contributed by atoms with Crippen LogP contribution in [0.2, 0.25) is 0 Å². The van der Waals surface area contributed by atoms with Crippen LogP contribution in [0.5, 0.6) is 0 Å². The number of morpholine rings is 1. The number of fused-ring (bicyclic) bond motifs is 1. The molecule has 1 fully saturated rings. The lowest BCUT2D eigenvalue weighted by molar-refractivity contribution is 0.0602. The Labute approximate surface area is 205 Å². The number of carbonyl (C=O) groups excluding carboxylic acids is 2. The van der Waals surface area contributed by atoms with E-state index in [0.717, 1.165) is 28.5 Å². The van der Waals surface area contributed by atoms with E-state index in [-0.39, 0.29) is 11.3 Å². The number of methoxy groups -OCH3 is 1. The zero-order valence-electron chi connectivity index (χ0n) is 19.6. The summed E-state index contributed by atoms with van der Waals surface area (Å²) in [5.41, 5.74) is 3.31. The predicted octanol–water partition coefficient (Wildman–Crippen LogP) is 4.44. The third kappa shape index (κ3) is 4.50. The molecule has 1 N–H and O–H groups in total. The van der Waals surface area contributed by atoms with Crippen LogP contribution in [0.4, 0.5) is 11.4 Å². The molecule has 9 nitrogen and oxygen atoms in total. The zero-order valence-corrected chi connectivity index (χ0v) is 20.4. The molecule has 4 aromatic rings. The number of ether oxygens (including phenoxy) is 2. The van der Waals surface area contributed by atoms with Crippen LogP contribution in [0.25, 0.3) is 21.7 Å². The Bertz CT molecular complexity index is 1420. The van der Waals surface area contributed by atoms with Gasteiger partial charge in [-0.15, -0.1) is 11.3 Å². The molecule has 180 valence electrons. The molecule has 1 amide bonds. The van der Waals surface area contributed by atoms with E-state index in [1.54, 1.807) is 36.5 Å². The number of hydrogen-bond acceptors (Lipinski definition) is 9. The van der Waals surface area contributed by atoms with Gasteiger partial charge in [0.2, 0.25) is 0 Å². The molecule has 0 aliphatic carbocycles. The van der Waals surface area contributed by atoms with Crippen molar-refractivity contribution in [1.82, 2.24) is 10.1 Å². The van der Waals surface area contributed by atoms with Crippen molar-refractivity contribution in [3.8, 4) is 10.6 Å². The molecule has 5 rings (SSSR count). The van der Waals surface area contributed by atoms with Gasteiger partial charge in [0.05, 0.1) is 58.8 Å². The molecule has 10 heteroatoms. The van der Waals surface area contributed by atoms with Gasteiger partial charge in [0.15, 0.2) is 0 Å². The number of aromatic nitrogens is 2. The van der Waals surface area contributed by atoms with Gasteiger partial charge >= 0.3 is 5.97 Å². The maximum atomic E-state index is 13.5. The molecule has 4 heterocycles. The largest absolute Gasteiger partial charge is 0.465 e. The van der Waals surface area contributed by atoms with Gasteiger partial charge in [-0.3, -0.25) is 4.79 Å². The van der Waals surface area contributed by atoms with Crippen LogP contribution in [0.15, 0.2) is 40.9 Å². The lowest BCUT2D eigenvalue weighted by Crippen LogP contribution is -2.36. The fourth-order valence-electron chi connectivity index (χ4n) is 4.10. The highest BCUT2D eigenvalue weighted by Crippen LogP contribution is 2.32. The second-order valence-corrected chi connectivity index (χ2v) is 9.48. The smallest absolute Gasteiger partial charge is 0.340 e. The van der Waals surface area contributed by atoms with Crippen molar-refractivity contribution in [2.75, 3.05) is 43.6 Å². The summed E-state index contributed by atoms with van der Waals surface area (Å²) in [7, 11) is 1.32. The number of carbonyl (C=O) groups is 2. The van der Waals surface area contributed by atoms with Crippen LogP contribution in [-0.2, 0) is 9.47 Å². The first-order valence-corrected chi connectivity index (χ1v) is 12.0. The van der Waals surface area contributed by atoms with Crippen LogP contribution in [-0.4, -0.2) is 55.4 Å². The summed E-state index contributed by atoms with van der Waals surface area (Å²) < 4.78 is 15.8. The van der Waals surface area contributed by atoms with Crippen molar-refractivity contribution < 1.29 is 23.6 Å². The highest BCUT2D eigenvalue weighted by atomic mass is 32.1. The number of aryl methyl sites for hydroxylation is 2. The van der Waals surface area contributed by atoms with Gasteiger partial charge in [-0.05, 0) is 50.2 Å². The van der Waals surface area contributed by atoms with Gasteiger partial charge in [-0.25, -0.2) is 9.78 Å². The highest BCUT2D eigenvalue weighted by Gasteiger charge is 2.23. The number of pyridine rings is 1. The van der Waals surface area contributed by atoms with Crippen LogP contribution < -0.4 is 10.2 Å². The van der Waals surface area contributed by atoms with Crippen LogP contribution >= 0.6 is 11.3 Å². The van der Waals surface area contributed by atoms with Crippen LogP contribution in [0.3, 0.4) is 0 Å². The van der Waals surface area contributed by atoms with Gasteiger partial charge in [-0.2, -0.15) is 0 Å². The highest BCUT2D eigenvalue weighted by molar-refractivity contribution is 7.15. The minimum absolute atomic E-state index is 0.270. The van der Waals surface area contributed by atoms with Crippen molar-refractivity contribution in [3.05, 3.63) is 58.1 Å². The zero-order chi connectivity index (χ0) is 24.5. The first-order chi connectivity index (χ1) is 16.9. The van der Waals surface area contributed by atoms with E-state index >= 15 is 0 Å². The summed E-state index contributed by atoms with van der Waals surface area (Å²) in [6.07, 6.45) is 0. The Kier molecular flexibility index (Phi) is 6.23. The number of anilines is 2. The monoisotopic (exact) mass is 492 g/mol. The third-order valence-corrected chi connectivity index (χ3v) is 6.91. The molecule has 0 saturated carbocycles. The summed E-state index contributed by atoms with van der Waals surface area (Å²) in [6, 6.07) is 11.0. The van der Waals surface area contributed by atoms with E-state index < -0.39 is 11.9 Å². The summed E-state index contributed by atoms with van der Waals surface area (Å²) in [4.78, 5) is 34.9. The fraction of sp³-hybridized carbons (Fsp3) is 0.280. The van der Waals surface area contributed by atoms with E-state index in [2.05, 4.69) is 20.4 Å². The minimum atomic E-state index is -0.536. The molecule has 35 heavy (non-hydrogen) atoms. The average molecular weight is 493 g/mol. The normalized spacial score (nSPS) is 13.7. The Balaban J connectivity index is 1.53. The van der Waals surface area contributed by atoms with Crippen molar-refractivity contribution in [2.45, 2.75) is 13.8 Å². The average Bonchev–Trinajstić information content (AvgIpc) is 3.49. The molecule has 0 unspecified atom stereocenters. The molecule has 0 spiro atoms. The second kappa shape index (κ2) is 9.47. The maximum absolute atomic E-state index is 13.5. The molecular weight excluding hydrogens is 468 g/mol. The number of rotatable bonds is 5. The van der Waals surface area contributed by atoms with Gasteiger partial charge in [0.25, 0.3) is 11.6 Å². The van der Waals surface area contributed by atoms with Gasteiger partial charge in [0, 0.05) is 23.7 Å². The molecule has 1 saturated heterocycles. The Morgan fingerprint density at radius 3 is 2.60 bits per heavy atom. The number of nitrogens with zero attached hydrogens (tertiary/aromatic N) is 3. The molecule has 3 aromatic heterocycles. The Morgan fingerprint density at radius 2 is 1.89 bits per heavy atom. The first-order valence-electron chi connectivity index (χ1n) is 11.1. The minimum Gasteiger partial charge on any atom is -0.465 e. The van der Waals surface area contributed by atoms with Crippen molar-refractivity contribution in [2.24, 2.45) is 0 Å². The molecule has 1 aromatic carbocycles. The fourth-order valence-corrected chi connectivity index (χ4v) is 4.93. The topological polar surface area (TPSA) is 107 Å². The standard InChI is InChI=1S/C25H24N4O5S/c1-14-4-7-21(35-14)20-13-18(22-15(2)28-34-24(22)27-20)23(30)26-19-6-5-16(12-17(19)25(31)32-3)29-8-10-33-11-9-29/h4-7,12-13H,8-11H2,1-3H3,(H,26,30). The number of amides is 1. The SMILES string of the molecule is COC(=O)c1cc(N2CCOCC2)ccc1NC(=O)c1cc(-c2ccc(C)s2)nc2onc(C)c12. The number of thiophene rings is 1. The molecular formula is C25H24N4O5S.